The van der Waals surface area contributed by atoms with E-state index in [-0.39, 0.29) is 17.2 Å². The summed E-state index contributed by atoms with van der Waals surface area (Å²) in [4.78, 5) is 23.4. The minimum absolute atomic E-state index is 0.0787. The minimum atomic E-state index is -0.151. The lowest BCUT2D eigenvalue weighted by Crippen LogP contribution is -2.14. The van der Waals surface area contributed by atoms with Gasteiger partial charge in [0.05, 0.1) is 19.3 Å². The maximum Gasteiger partial charge on any atom is 0.306 e. The van der Waals surface area contributed by atoms with Crippen LogP contribution < -0.4 is 0 Å². The molecule has 1 aliphatic carbocycles. The van der Waals surface area contributed by atoms with Crippen LogP contribution in [0.15, 0.2) is 28.7 Å². The molecule has 1 aliphatic rings. The molecule has 2 rings (SSSR count). The van der Waals surface area contributed by atoms with Crippen molar-refractivity contribution in [2.24, 2.45) is 5.41 Å². The van der Waals surface area contributed by atoms with Crippen LogP contribution in [-0.4, -0.2) is 30.4 Å². The fraction of sp³-hybridized carbons (Fsp3) is 0.467. The van der Waals surface area contributed by atoms with Crippen molar-refractivity contribution in [2.45, 2.75) is 19.3 Å². The lowest BCUT2D eigenvalue weighted by Gasteiger charge is -2.12. The quantitative estimate of drug-likeness (QED) is 0.551. The number of methoxy groups -OCH3 is 1. The molecule has 0 aromatic heterocycles. The molecule has 1 aromatic rings. The molecule has 5 heteroatoms. The van der Waals surface area contributed by atoms with Crippen molar-refractivity contribution in [3.05, 3.63) is 34.3 Å². The molecule has 1 aromatic carbocycles. The van der Waals surface area contributed by atoms with Gasteiger partial charge in [-0.2, -0.15) is 11.8 Å². The van der Waals surface area contributed by atoms with Crippen molar-refractivity contribution in [1.29, 1.82) is 0 Å². The van der Waals surface area contributed by atoms with Crippen molar-refractivity contribution in [3.63, 3.8) is 0 Å². The monoisotopic (exact) mass is 356 g/mol. The van der Waals surface area contributed by atoms with E-state index in [1.54, 1.807) is 11.8 Å². The van der Waals surface area contributed by atoms with Crippen LogP contribution in [0, 0.1) is 5.41 Å². The van der Waals surface area contributed by atoms with E-state index in [2.05, 4.69) is 15.9 Å². The Hall–Kier alpha value is -0.810. The second-order valence-electron chi connectivity index (χ2n) is 5.18. The fourth-order valence-electron chi connectivity index (χ4n) is 2.03. The van der Waals surface area contributed by atoms with Crippen LogP contribution in [0.3, 0.4) is 0 Å². The van der Waals surface area contributed by atoms with Gasteiger partial charge in [0, 0.05) is 10.0 Å². The van der Waals surface area contributed by atoms with Crippen LogP contribution >= 0.6 is 27.7 Å². The Morgan fingerprint density at radius 3 is 2.75 bits per heavy atom. The Kier molecular flexibility index (Phi) is 5.27. The maximum atomic E-state index is 12.0. The zero-order valence-corrected chi connectivity index (χ0v) is 13.8. The summed E-state index contributed by atoms with van der Waals surface area (Å²) >= 11 is 4.98. The number of hydrogen-bond acceptors (Lipinski definition) is 4. The molecular weight excluding hydrogens is 340 g/mol. The first kappa shape index (κ1) is 15.6. The van der Waals surface area contributed by atoms with Crippen molar-refractivity contribution in [3.8, 4) is 0 Å². The smallest absolute Gasteiger partial charge is 0.306 e. The van der Waals surface area contributed by atoms with Crippen LogP contribution in [0.2, 0.25) is 0 Å². The summed E-state index contributed by atoms with van der Waals surface area (Å²) in [5.74, 6) is 1.29. The van der Waals surface area contributed by atoms with E-state index in [0.29, 0.717) is 12.2 Å². The first-order valence-corrected chi connectivity index (χ1v) is 8.43. The second kappa shape index (κ2) is 6.76. The average molecular weight is 357 g/mol. The molecule has 0 radical (unpaired) electrons. The van der Waals surface area contributed by atoms with E-state index < -0.39 is 0 Å². The van der Waals surface area contributed by atoms with E-state index in [1.807, 2.05) is 24.3 Å². The van der Waals surface area contributed by atoms with Gasteiger partial charge >= 0.3 is 5.97 Å². The van der Waals surface area contributed by atoms with Crippen molar-refractivity contribution >= 4 is 39.4 Å². The van der Waals surface area contributed by atoms with Gasteiger partial charge < -0.3 is 4.74 Å². The van der Waals surface area contributed by atoms with Gasteiger partial charge in [0.2, 0.25) is 0 Å². The fourth-order valence-corrected chi connectivity index (χ4v) is 3.71. The summed E-state index contributed by atoms with van der Waals surface area (Å²) in [7, 11) is 1.42. The van der Waals surface area contributed by atoms with Gasteiger partial charge in [-0.15, -0.1) is 0 Å². The summed E-state index contributed by atoms with van der Waals surface area (Å²) < 4.78 is 5.63. The molecule has 0 unspecified atom stereocenters. The Labute approximate surface area is 131 Å². The van der Waals surface area contributed by atoms with Gasteiger partial charge in [0.15, 0.2) is 5.78 Å². The topological polar surface area (TPSA) is 43.4 Å². The highest BCUT2D eigenvalue weighted by Crippen LogP contribution is 2.51. The number of ketones is 1. The van der Waals surface area contributed by atoms with Crippen molar-refractivity contribution in [2.75, 3.05) is 18.6 Å². The van der Waals surface area contributed by atoms with Crippen LogP contribution in [0.4, 0.5) is 0 Å². The van der Waals surface area contributed by atoms with E-state index in [1.165, 1.54) is 7.11 Å². The summed E-state index contributed by atoms with van der Waals surface area (Å²) in [5, 5.41) is 0. The first-order valence-electron chi connectivity index (χ1n) is 6.48. The zero-order chi connectivity index (χ0) is 14.6. The highest BCUT2D eigenvalue weighted by atomic mass is 79.9. The molecule has 0 aliphatic heterocycles. The van der Waals surface area contributed by atoms with Gasteiger partial charge in [-0.25, -0.2) is 0 Å². The number of ether oxygens (including phenoxy) is 1. The Balaban J connectivity index is 1.79. The standard InChI is InChI=1S/C15H17BrO3S/c1-19-14(18)8-15(5-6-15)10-20-9-13(17)11-3-2-4-12(16)7-11/h2-4,7H,5-6,8-10H2,1H3. The van der Waals surface area contributed by atoms with Crippen molar-refractivity contribution < 1.29 is 14.3 Å². The van der Waals surface area contributed by atoms with Gasteiger partial charge in [-0.05, 0) is 36.1 Å². The number of thioether (sulfide) groups is 1. The average Bonchev–Trinajstić information content (AvgIpc) is 3.18. The number of benzene rings is 1. The Morgan fingerprint density at radius 1 is 1.40 bits per heavy atom. The largest absolute Gasteiger partial charge is 0.469 e. The molecule has 3 nitrogen and oxygen atoms in total. The molecule has 0 atom stereocenters. The Morgan fingerprint density at radius 2 is 2.15 bits per heavy atom. The number of carbonyl (C=O) groups is 2. The summed E-state index contributed by atoms with van der Waals surface area (Å²) in [5.41, 5.74) is 0.805. The summed E-state index contributed by atoms with van der Waals surface area (Å²) in [6.07, 6.45) is 2.59. The number of halogens is 1. The van der Waals surface area contributed by atoms with E-state index in [4.69, 9.17) is 4.74 Å². The number of esters is 1. The molecule has 108 valence electrons. The van der Waals surface area contributed by atoms with E-state index in [0.717, 1.165) is 28.6 Å². The normalized spacial score (nSPS) is 15.7. The summed E-state index contributed by atoms with van der Waals surface area (Å²) in [6, 6.07) is 7.43. The van der Waals surface area contributed by atoms with Gasteiger partial charge in [0.25, 0.3) is 0 Å². The van der Waals surface area contributed by atoms with Gasteiger partial charge in [0.1, 0.15) is 0 Å². The lowest BCUT2D eigenvalue weighted by molar-refractivity contribution is -0.141. The molecule has 1 saturated carbocycles. The predicted molar refractivity (Wildman–Crippen MR) is 84.1 cm³/mol. The molecule has 0 bridgehead atoms. The van der Waals surface area contributed by atoms with Crippen LogP contribution in [0.1, 0.15) is 29.6 Å². The zero-order valence-electron chi connectivity index (χ0n) is 11.4. The maximum absolute atomic E-state index is 12.0. The number of Topliss-reactive ketones (excluding diaryl/α,β-unsaturated/α-hetero) is 1. The number of rotatable bonds is 7. The highest BCUT2D eigenvalue weighted by molar-refractivity contribution is 9.10. The first-order chi connectivity index (χ1) is 9.54. The van der Waals surface area contributed by atoms with Crippen LogP contribution in [0.5, 0.6) is 0 Å². The molecule has 0 saturated heterocycles. The summed E-state index contributed by atoms with van der Waals surface area (Å²) in [6.45, 7) is 0. The second-order valence-corrected chi connectivity index (χ2v) is 7.08. The number of carbonyl (C=O) groups excluding carboxylic acids is 2. The molecule has 20 heavy (non-hydrogen) atoms. The third-order valence-electron chi connectivity index (χ3n) is 3.49. The predicted octanol–water partition coefficient (Wildman–Crippen LogP) is 3.71. The third kappa shape index (κ3) is 4.35. The molecular formula is C15H17BrO3S. The molecule has 1 fully saturated rings. The van der Waals surface area contributed by atoms with Crippen molar-refractivity contribution in [1.82, 2.24) is 0 Å². The molecule has 0 N–H and O–H groups in total. The lowest BCUT2D eigenvalue weighted by atomic mass is 10.1. The van der Waals surface area contributed by atoms with Crippen LogP contribution in [-0.2, 0) is 9.53 Å². The van der Waals surface area contributed by atoms with Crippen LogP contribution in [0.25, 0.3) is 0 Å². The van der Waals surface area contributed by atoms with Gasteiger partial charge in [-0.3, -0.25) is 9.59 Å². The SMILES string of the molecule is COC(=O)CC1(CSCC(=O)c2cccc(Br)c2)CC1. The highest BCUT2D eigenvalue weighted by Gasteiger charge is 2.44. The molecule has 0 heterocycles. The molecule has 0 amide bonds. The minimum Gasteiger partial charge on any atom is -0.469 e. The molecule has 0 spiro atoms. The van der Waals surface area contributed by atoms with Gasteiger partial charge in [-0.1, -0.05) is 28.1 Å². The van der Waals surface area contributed by atoms with E-state index >= 15 is 0 Å². The Bertz CT molecular complexity index is 512. The van der Waals surface area contributed by atoms with E-state index in [9.17, 15) is 9.59 Å². The third-order valence-corrected chi connectivity index (χ3v) is 5.27. The number of hydrogen-bond donors (Lipinski definition) is 0.